The minimum atomic E-state index is -0.357. The molecular formula is C21H21NO5. The molecule has 0 fully saturated rings. The third kappa shape index (κ3) is 4.11. The molecule has 0 aliphatic rings. The maximum Gasteiger partial charge on any atom is 0.313 e. The van der Waals surface area contributed by atoms with E-state index in [0.29, 0.717) is 18.1 Å². The van der Waals surface area contributed by atoms with Crippen LogP contribution in [0.4, 0.5) is 0 Å². The van der Waals surface area contributed by atoms with E-state index in [2.05, 4.69) is 5.16 Å². The molecule has 1 aromatic heterocycles. The Kier molecular flexibility index (Phi) is 5.76. The van der Waals surface area contributed by atoms with E-state index in [-0.39, 0.29) is 12.4 Å². The number of nitrogens with zero attached hydrogens (tertiary/aromatic N) is 1. The fourth-order valence-corrected chi connectivity index (χ4v) is 2.79. The van der Waals surface area contributed by atoms with Gasteiger partial charge in [-0.3, -0.25) is 4.79 Å². The van der Waals surface area contributed by atoms with Gasteiger partial charge in [-0.1, -0.05) is 17.3 Å². The minimum absolute atomic E-state index is 0.0123. The maximum atomic E-state index is 12.0. The number of hydrogen-bond donors (Lipinski definition) is 0. The molecule has 0 bridgehead atoms. The van der Waals surface area contributed by atoms with Crippen molar-refractivity contribution in [1.82, 2.24) is 5.16 Å². The van der Waals surface area contributed by atoms with Gasteiger partial charge in [-0.2, -0.15) is 0 Å². The summed E-state index contributed by atoms with van der Waals surface area (Å²) in [6, 6.07) is 15.0. The monoisotopic (exact) mass is 367 g/mol. The average molecular weight is 367 g/mol. The summed E-state index contributed by atoms with van der Waals surface area (Å²) < 4.78 is 21.0. The SMILES string of the molecule is CCOC(=O)Cc1onc(-c2ccc(OC)cc2)c1-c1ccc(OC)cc1. The first-order valence-corrected chi connectivity index (χ1v) is 8.59. The zero-order chi connectivity index (χ0) is 19.2. The fourth-order valence-electron chi connectivity index (χ4n) is 2.79. The van der Waals surface area contributed by atoms with Gasteiger partial charge in [0.15, 0.2) is 5.76 Å². The van der Waals surface area contributed by atoms with Gasteiger partial charge in [0.05, 0.1) is 26.4 Å². The minimum Gasteiger partial charge on any atom is -0.497 e. The van der Waals surface area contributed by atoms with E-state index in [1.807, 2.05) is 48.5 Å². The van der Waals surface area contributed by atoms with Crippen molar-refractivity contribution in [3.8, 4) is 33.9 Å². The van der Waals surface area contributed by atoms with Gasteiger partial charge in [0.1, 0.15) is 23.6 Å². The number of methoxy groups -OCH3 is 2. The fraction of sp³-hybridized carbons (Fsp3) is 0.238. The molecule has 3 rings (SSSR count). The summed E-state index contributed by atoms with van der Waals surface area (Å²) in [7, 11) is 3.23. The Labute approximate surface area is 157 Å². The van der Waals surface area contributed by atoms with Crippen molar-refractivity contribution in [2.24, 2.45) is 0 Å². The number of rotatable bonds is 7. The normalized spacial score (nSPS) is 10.5. The summed E-state index contributed by atoms with van der Waals surface area (Å²) in [5.41, 5.74) is 3.15. The molecule has 6 heteroatoms. The van der Waals surface area contributed by atoms with Crippen molar-refractivity contribution < 1.29 is 23.5 Å². The Morgan fingerprint density at radius 1 is 0.926 bits per heavy atom. The molecule has 27 heavy (non-hydrogen) atoms. The second-order valence-corrected chi connectivity index (χ2v) is 5.77. The first-order valence-electron chi connectivity index (χ1n) is 8.59. The molecule has 140 valence electrons. The lowest BCUT2D eigenvalue weighted by Gasteiger charge is -2.07. The Balaban J connectivity index is 2.06. The molecule has 0 radical (unpaired) electrons. The molecule has 6 nitrogen and oxygen atoms in total. The highest BCUT2D eigenvalue weighted by atomic mass is 16.5. The summed E-state index contributed by atoms with van der Waals surface area (Å²) in [6.45, 7) is 2.08. The van der Waals surface area contributed by atoms with Crippen molar-refractivity contribution in [2.75, 3.05) is 20.8 Å². The van der Waals surface area contributed by atoms with Crippen molar-refractivity contribution >= 4 is 5.97 Å². The van der Waals surface area contributed by atoms with E-state index in [0.717, 1.165) is 28.2 Å². The lowest BCUT2D eigenvalue weighted by atomic mass is 9.98. The van der Waals surface area contributed by atoms with Crippen LogP contribution in [0.1, 0.15) is 12.7 Å². The highest BCUT2D eigenvalue weighted by molar-refractivity contribution is 5.85. The molecule has 0 saturated heterocycles. The van der Waals surface area contributed by atoms with E-state index in [9.17, 15) is 4.79 Å². The highest BCUT2D eigenvalue weighted by Gasteiger charge is 2.22. The third-order valence-corrected chi connectivity index (χ3v) is 4.12. The number of carbonyl (C=O) groups excluding carboxylic acids is 1. The van der Waals surface area contributed by atoms with Gasteiger partial charge in [0.25, 0.3) is 0 Å². The molecule has 2 aromatic carbocycles. The predicted octanol–water partition coefficient (Wildman–Crippen LogP) is 4.13. The largest absolute Gasteiger partial charge is 0.497 e. The van der Waals surface area contributed by atoms with Crippen LogP contribution in [0.5, 0.6) is 11.5 Å². The molecule has 0 aliphatic heterocycles. The third-order valence-electron chi connectivity index (χ3n) is 4.12. The van der Waals surface area contributed by atoms with Crippen LogP contribution in [0, 0.1) is 0 Å². The van der Waals surface area contributed by atoms with Crippen LogP contribution < -0.4 is 9.47 Å². The summed E-state index contributed by atoms with van der Waals surface area (Å²) in [6.07, 6.45) is 0.0123. The second-order valence-electron chi connectivity index (χ2n) is 5.77. The van der Waals surface area contributed by atoms with Crippen molar-refractivity contribution in [2.45, 2.75) is 13.3 Å². The van der Waals surface area contributed by atoms with E-state index >= 15 is 0 Å². The van der Waals surface area contributed by atoms with Crippen LogP contribution in [0.15, 0.2) is 53.1 Å². The highest BCUT2D eigenvalue weighted by Crippen LogP contribution is 2.36. The van der Waals surface area contributed by atoms with Crippen LogP contribution in [0.3, 0.4) is 0 Å². The lowest BCUT2D eigenvalue weighted by Crippen LogP contribution is -2.07. The molecule has 0 spiro atoms. The predicted molar refractivity (Wildman–Crippen MR) is 101 cm³/mol. The lowest BCUT2D eigenvalue weighted by molar-refractivity contribution is -0.142. The Morgan fingerprint density at radius 2 is 1.48 bits per heavy atom. The van der Waals surface area contributed by atoms with Gasteiger partial charge in [-0.05, 0) is 48.9 Å². The smallest absolute Gasteiger partial charge is 0.313 e. The standard InChI is InChI=1S/C21H21NO5/c1-4-26-19(23)13-18-20(14-5-9-16(24-2)10-6-14)21(22-27-18)15-7-11-17(25-3)12-8-15/h5-12H,4,13H2,1-3H3. The van der Waals surface area contributed by atoms with Gasteiger partial charge in [0.2, 0.25) is 0 Å². The molecule has 0 atom stereocenters. The first kappa shape index (κ1) is 18.5. The number of aromatic nitrogens is 1. The Bertz CT molecular complexity index is 897. The van der Waals surface area contributed by atoms with Gasteiger partial charge >= 0.3 is 5.97 Å². The molecule has 0 N–H and O–H groups in total. The molecule has 3 aromatic rings. The van der Waals surface area contributed by atoms with E-state index in [4.69, 9.17) is 18.7 Å². The molecule has 0 saturated carbocycles. The van der Waals surface area contributed by atoms with Crippen molar-refractivity contribution in [1.29, 1.82) is 0 Å². The van der Waals surface area contributed by atoms with Gasteiger partial charge in [-0.25, -0.2) is 0 Å². The molecule has 0 unspecified atom stereocenters. The number of carbonyl (C=O) groups is 1. The van der Waals surface area contributed by atoms with Crippen LogP contribution in [0.2, 0.25) is 0 Å². The van der Waals surface area contributed by atoms with E-state index in [1.165, 1.54) is 0 Å². The molecule has 1 heterocycles. The maximum absolute atomic E-state index is 12.0. The van der Waals surface area contributed by atoms with Gasteiger partial charge < -0.3 is 18.7 Å². The Morgan fingerprint density at radius 3 is 2.00 bits per heavy atom. The van der Waals surface area contributed by atoms with Crippen LogP contribution in [-0.2, 0) is 16.0 Å². The number of esters is 1. The summed E-state index contributed by atoms with van der Waals surface area (Å²) in [4.78, 5) is 12.0. The van der Waals surface area contributed by atoms with Crippen LogP contribution >= 0.6 is 0 Å². The van der Waals surface area contributed by atoms with E-state index in [1.54, 1.807) is 21.1 Å². The number of hydrogen-bond acceptors (Lipinski definition) is 6. The number of benzene rings is 2. The topological polar surface area (TPSA) is 70.8 Å². The van der Waals surface area contributed by atoms with Crippen molar-refractivity contribution in [3.63, 3.8) is 0 Å². The quantitative estimate of drug-likeness (QED) is 0.585. The summed E-state index contributed by atoms with van der Waals surface area (Å²) in [5.74, 6) is 1.60. The van der Waals surface area contributed by atoms with Gasteiger partial charge in [0, 0.05) is 5.56 Å². The van der Waals surface area contributed by atoms with Crippen LogP contribution in [-0.4, -0.2) is 32.0 Å². The average Bonchev–Trinajstić information content (AvgIpc) is 3.11. The zero-order valence-electron chi connectivity index (χ0n) is 15.5. The summed E-state index contributed by atoms with van der Waals surface area (Å²) in [5, 5.41) is 4.22. The number of ether oxygens (including phenoxy) is 3. The molecule has 0 amide bonds. The first-order chi connectivity index (χ1) is 13.2. The zero-order valence-corrected chi connectivity index (χ0v) is 15.5. The molecular weight excluding hydrogens is 346 g/mol. The Hall–Kier alpha value is -3.28. The van der Waals surface area contributed by atoms with Crippen molar-refractivity contribution in [3.05, 3.63) is 54.3 Å². The van der Waals surface area contributed by atoms with Crippen LogP contribution in [0.25, 0.3) is 22.4 Å². The van der Waals surface area contributed by atoms with Gasteiger partial charge in [-0.15, -0.1) is 0 Å². The van der Waals surface area contributed by atoms with E-state index < -0.39 is 0 Å². The summed E-state index contributed by atoms with van der Waals surface area (Å²) >= 11 is 0. The second kappa shape index (κ2) is 8.40. The molecule has 0 aliphatic carbocycles.